The molecule has 7 nitrogen and oxygen atoms in total. The van der Waals surface area contributed by atoms with Gasteiger partial charge in [0.2, 0.25) is 5.91 Å². The van der Waals surface area contributed by atoms with Gasteiger partial charge in [0.25, 0.3) is 0 Å². The van der Waals surface area contributed by atoms with Crippen LogP contribution in [0.4, 0.5) is 4.39 Å². The van der Waals surface area contributed by atoms with Gasteiger partial charge in [-0.15, -0.1) is 0 Å². The van der Waals surface area contributed by atoms with Crippen LogP contribution in [0.2, 0.25) is 5.02 Å². The summed E-state index contributed by atoms with van der Waals surface area (Å²) in [6.07, 6.45) is 6.79. The summed E-state index contributed by atoms with van der Waals surface area (Å²) in [5.41, 5.74) is 2.27. The molecular formula is C26H30ClFN4O3. The molecule has 2 unspecified atom stereocenters. The van der Waals surface area contributed by atoms with Crippen molar-refractivity contribution in [2.75, 3.05) is 19.8 Å². The maximum absolute atomic E-state index is 13.5. The van der Waals surface area contributed by atoms with Crippen molar-refractivity contribution in [1.82, 2.24) is 19.7 Å². The molecule has 4 heterocycles. The first-order valence-corrected chi connectivity index (χ1v) is 12.5. The zero-order valence-electron chi connectivity index (χ0n) is 20.0. The number of halogens is 2. The van der Waals surface area contributed by atoms with Gasteiger partial charge in [0.1, 0.15) is 12.3 Å². The van der Waals surface area contributed by atoms with E-state index in [0.717, 1.165) is 35.8 Å². The smallest absolute Gasteiger partial charge is 0.227 e. The van der Waals surface area contributed by atoms with Crippen LogP contribution in [0.15, 0.2) is 30.6 Å². The summed E-state index contributed by atoms with van der Waals surface area (Å²) in [4.78, 5) is 19.8. The molecule has 35 heavy (non-hydrogen) atoms. The number of fused-ring (bicyclic) bond motifs is 2. The Morgan fingerprint density at radius 2 is 2.17 bits per heavy atom. The van der Waals surface area contributed by atoms with Crippen LogP contribution in [0.1, 0.15) is 67.6 Å². The van der Waals surface area contributed by atoms with Crippen LogP contribution >= 0.6 is 11.6 Å². The van der Waals surface area contributed by atoms with E-state index in [1.54, 1.807) is 23.1 Å². The summed E-state index contributed by atoms with van der Waals surface area (Å²) < 4.78 is 21.2. The number of ether oxygens (including phenoxy) is 1. The predicted molar refractivity (Wildman–Crippen MR) is 131 cm³/mol. The zero-order chi connectivity index (χ0) is 24.7. The van der Waals surface area contributed by atoms with Gasteiger partial charge >= 0.3 is 0 Å². The Hall–Kier alpha value is -2.55. The second kappa shape index (κ2) is 9.48. The van der Waals surface area contributed by atoms with E-state index in [2.05, 4.69) is 10.1 Å². The molecule has 0 radical (unpaired) electrons. The number of carbonyl (C=O) groups excluding carboxylic acids is 1. The zero-order valence-corrected chi connectivity index (χ0v) is 20.8. The number of aliphatic hydroxyl groups is 1. The van der Waals surface area contributed by atoms with Crippen LogP contribution in [0.3, 0.4) is 0 Å². The second-order valence-corrected chi connectivity index (χ2v) is 10.1. The number of amides is 1. The first kappa shape index (κ1) is 24.2. The lowest BCUT2D eigenvalue weighted by atomic mass is 9.83. The van der Waals surface area contributed by atoms with Crippen molar-refractivity contribution in [3.05, 3.63) is 57.9 Å². The second-order valence-electron chi connectivity index (χ2n) is 9.70. The van der Waals surface area contributed by atoms with E-state index >= 15 is 0 Å². The third-order valence-corrected chi connectivity index (χ3v) is 7.66. The Morgan fingerprint density at radius 3 is 2.91 bits per heavy atom. The molecule has 9 heteroatoms. The van der Waals surface area contributed by atoms with Crippen LogP contribution in [-0.2, 0) is 28.0 Å². The molecule has 0 spiro atoms. The van der Waals surface area contributed by atoms with Crippen molar-refractivity contribution in [3.63, 3.8) is 0 Å². The number of aromatic nitrogens is 3. The van der Waals surface area contributed by atoms with Crippen LogP contribution < -0.4 is 0 Å². The van der Waals surface area contributed by atoms with Crippen molar-refractivity contribution >= 4 is 28.5 Å². The first-order chi connectivity index (χ1) is 16.8. The molecule has 1 saturated heterocycles. The van der Waals surface area contributed by atoms with E-state index in [1.807, 2.05) is 24.0 Å². The summed E-state index contributed by atoms with van der Waals surface area (Å²) >= 11 is 6.52. The van der Waals surface area contributed by atoms with Crippen molar-refractivity contribution in [2.45, 2.75) is 63.8 Å². The monoisotopic (exact) mass is 500 g/mol. The SMILES string of the molecule is CC1c2cccc([C@](C)(O)CF)c2CCN1C(=O)Cc1c(Cl)cnc2c1cnn2C1CCCCO1. The van der Waals surface area contributed by atoms with E-state index < -0.39 is 12.3 Å². The maximum Gasteiger partial charge on any atom is 0.227 e. The molecule has 186 valence electrons. The predicted octanol–water partition coefficient (Wildman–Crippen LogP) is 4.65. The summed E-state index contributed by atoms with van der Waals surface area (Å²) in [5, 5.41) is 16.2. The minimum absolute atomic E-state index is 0.0538. The third-order valence-electron chi connectivity index (χ3n) is 7.33. The van der Waals surface area contributed by atoms with Crippen LogP contribution in [0.5, 0.6) is 0 Å². The van der Waals surface area contributed by atoms with Gasteiger partial charge in [-0.25, -0.2) is 14.1 Å². The summed E-state index contributed by atoms with van der Waals surface area (Å²) in [6, 6.07) is 5.32. The molecule has 0 bridgehead atoms. The number of carbonyl (C=O) groups is 1. The minimum Gasteiger partial charge on any atom is -0.383 e. The number of nitrogens with zero attached hydrogens (tertiary/aromatic N) is 4. The molecule has 2 aliphatic rings. The molecule has 3 atom stereocenters. The number of rotatable bonds is 5. The number of hydrogen-bond donors (Lipinski definition) is 1. The van der Waals surface area contributed by atoms with Gasteiger partial charge in [0.05, 0.1) is 23.7 Å². The van der Waals surface area contributed by atoms with E-state index in [4.69, 9.17) is 16.3 Å². The van der Waals surface area contributed by atoms with Gasteiger partial charge in [-0.1, -0.05) is 29.8 Å². The molecule has 5 rings (SSSR count). The Balaban J connectivity index is 1.42. The molecule has 1 fully saturated rings. The van der Waals surface area contributed by atoms with Crippen molar-refractivity contribution in [1.29, 1.82) is 0 Å². The highest BCUT2D eigenvalue weighted by Gasteiger charge is 2.34. The molecule has 2 aliphatic heterocycles. The number of pyridine rings is 1. The summed E-state index contributed by atoms with van der Waals surface area (Å²) in [5.74, 6) is -0.0538. The highest BCUT2D eigenvalue weighted by molar-refractivity contribution is 6.32. The maximum atomic E-state index is 13.5. The minimum atomic E-state index is -1.55. The highest BCUT2D eigenvalue weighted by atomic mass is 35.5. The fraction of sp³-hybridized carbons (Fsp3) is 0.500. The van der Waals surface area contributed by atoms with Crippen molar-refractivity contribution in [2.24, 2.45) is 0 Å². The lowest BCUT2D eigenvalue weighted by Gasteiger charge is -2.38. The van der Waals surface area contributed by atoms with Crippen molar-refractivity contribution < 1.29 is 19.0 Å². The fourth-order valence-corrected chi connectivity index (χ4v) is 5.59. The molecule has 1 N–H and O–H groups in total. The lowest BCUT2D eigenvalue weighted by molar-refractivity contribution is -0.133. The number of benzene rings is 1. The molecule has 0 aliphatic carbocycles. The van der Waals surface area contributed by atoms with Crippen LogP contribution in [0.25, 0.3) is 11.0 Å². The van der Waals surface area contributed by atoms with Gasteiger partial charge in [-0.05, 0) is 61.8 Å². The lowest BCUT2D eigenvalue weighted by Crippen LogP contribution is -2.41. The van der Waals surface area contributed by atoms with Crippen LogP contribution in [-0.4, -0.2) is 50.5 Å². The van der Waals surface area contributed by atoms with E-state index in [-0.39, 0.29) is 24.6 Å². The Morgan fingerprint density at radius 1 is 1.34 bits per heavy atom. The Labute approximate surface area is 208 Å². The molecule has 1 aromatic carbocycles. The largest absolute Gasteiger partial charge is 0.383 e. The first-order valence-electron chi connectivity index (χ1n) is 12.1. The number of hydrogen-bond acceptors (Lipinski definition) is 5. The normalized spacial score (nSPS) is 22.1. The molecule has 2 aromatic heterocycles. The average molecular weight is 501 g/mol. The van der Waals surface area contributed by atoms with Gasteiger partial charge in [-0.3, -0.25) is 4.79 Å². The van der Waals surface area contributed by atoms with Gasteiger partial charge in [0, 0.05) is 24.7 Å². The molecule has 1 amide bonds. The third kappa shape index (κ3) is 4.32. The van der Waals surface area contributed by atoms with Crippen LogP contribution in [0, 0.1) is 0 Å². The highest BCUT2D eigenvalue weighted by Crippen LogP contribution is 2.37. The van der Waals surface area contributed by atoms with Gasteiger partial charge < -0.3 is 14.7 Å². The Kier molecular flexibility index (Phi) is 6.55. The quantitative estimate of drug-likeness (QED) is 0.551. The van der Waals surface area contributed by atoms with Gasteiger partial charge in [-0.2, -0.15) is 5.10 Å². The topological polar surface area (TPSA) is 80.5 Å². The fourth-order valence-electron chi connectivity index (χ4n) is 5.37. The summed E-state index contributed by atoms with van der Waals surface area (Å²) in [6.45, 7) is 3.76. The van der Waals surface area contributed by atoms with E-state index in [0.29, 0.717) is 41.4 Å². The average Bonchev–Trinajstić information content (AvgIpc) is 3.30. The Bertz CT molecular complexity index is 1250. The van der Waals surface area contributed by atoms with E-state index in [1.165, 1.54) is 6.92 Å². The number of alkyl halides is 1. The molecule has 3 aromatic rings. The van der Waals surface area contributed by atoms with E-state index in [9.17, 15) is 14.3 Å². The molecular weight excluding hydrogens is 471 g/mol. The van der Waals surface area contributed by atoms with Gasteiger partial charge in [0.15, 0.2) is 11.9 Å². The van der Waals surface area contributed by atoms with Crippen molar-refractivity contribution in [3.8, 4) is 0 Å². The molecule has 0 saturated carbocycles. The summed E-state index contributed by atoms with van der Waals surface area (Å²) in [7, 11) is 0. The standard InChI is InChI=1S/C26H30ClFN4O3/c1-16-17-6-5-7-21(26(2,34)15-28)18(17)9-10-31(16)23(33)12-19-20-13-30-32(24-8-3-4-11-35-24)25(20)29-14-22(19)27/h5-7,13-14,16,24,34H,3-4,8-12,15H2,1-2H3/t16?,24?,26-/m1/s1.